The van der Waals surface area contributed by atoms with Crippen LogP contribution in [0.4, 0.5) is 4.39 Å². The van der Waals surface area contributed by atoms with Gasteiger partial charge < -0.3 is 10.1 Å². The van der Waals surface area contributed by atoms with E-state index in [1.807, 2.05) is 24.3 Å². The van der Waals surface area contributed by atoms with Crippen LogP contribution in [0.1, 0.15) is 18.0 Å². The van der Waals surface area contributed by atoms with Crippen LogP contribution in [0.2, 0.25) is 0 Å². The van der Waals surface area contributed by atoms with Crippen LogP contribution in [0.3, 0.4) is 0 Å². The van der Waals surface area contributed by atoms with Crippen molar-refractivity contribution in [2.45, 2.75) is 24.2 Å². The molecule has 0 bridgehead atoms. The Morgan fingerprint density at radius 2 is 2.03 bits per heavy atom. The van der Waals surface area contributed by atoms with Gasteiger partial charge in [-0.25, -0.2) is 14.1 Å². The number of aromatic nitrogens is 4. The van der Waals surface area contributed by atoms with Gasteiger partial charge in [0, 0.05) is 24.3 Å². The minimum atomic E-state index is -0.355. The molecular formula is C23H20FN5O3S. The highest BCUT2D eigenvalue weighted by Crippen LogP contribution is 2.33. The average Bonchev–Trinajstić information content (AvgIpc) is 3.43. The van der Waals surface area contributed by atoms with Crippen LogP contribution < -0.4 is 15.6 Å². The SMILES string of the molecule is COc1ccccc1CNC(=O)CC1CSc2nc3c(cnn3-c3ccc(F)cc3)c(=O)n21. The third-order valence-corrected chi connectivity index (χ3v) is 6.63. The summed E-state index contributed by atoms with van der Waals surface area (Å²) in [6.45, 7) is 0.339. The van der Waals surface area contributed by atoms with Crippen LogP contribution in [0.5, 0.6) is 5.75 Å². The number of ether oxygens (including phenoxy) is 1. The van der Waals surface area contributed by atoms with Gasteiger partial charge in [0.25, 0.3) is 5.56 Å². The Labute approximate surface area is 192 Å². The molecule has 0 aliphatic carbocycles. The molecule has 0 spiro atoms. The third kappa shape index (κ3) is 3.97. The lowest BCUT2D eigenvalue weighted by molar-refractivity contribution is -0.121. The predicted molar refractivity (Wildman–Crippen MR) is 122 cm³/mol. The Kier molecular flexibility index (Phi) is 5.59. The van der Waals surface area contributed by atoms with E-state index in [0.717, 1.165) is 5.56 Å². The van der Waals surface area contributed by atoms with Crippen LogP contribution in [0, 0.1) is 5.82 Å². The highest BCUT2D eigenvalue weighted by Gasteiger charge is 2.29. The maximum absolute atomic E-state index is 13.3. The molecule has 0 fully saturated rings. The van der Waals surface area contributed by atoms with Gasteiger partial charge in [-0.2, -0.15) is 5.10 Å². The lowest BCUT2D eigenvalue weighted by Gasteiger charge is -2.14. The first-order valence-electron chi connectivity index (χ1n) is 10.3. The summed E-state index contributed by atoms with van der Waals surface area (Å²) in [7, 11) is 1.59. The minimum Gasteiger partial charge on any atom is -0.496 e. The van der Waals surface area contributed by atoms with E-state index < -0.39 is 0 Å². The van der Waals surface area contributed by atoms with Crippen LogP contribution >= 0.6 is 11.8 Å². The van der Waals surface area contributed by atoms with Crippen LogP contribution in [0.15, 0.2) is 64.7 Å². The molecule has 168 valence electrons. The molecule has 4 aromatic rings. The average molecular weight is 466 g/mol. The molecule has 1 aliphatic heterocycles. The summed E-state index contributed by atoms with van der Waals surface area (Å²) >= 11 is 1.43. The van der Waals surface area contributed by atoms with Crippen molar-refractivity contribution in [3.8, 4) is 11.4 Å². The fourth-order valence-corrected chi connectivity index (χ4v) is 5.01. The van der Waals surface area contributed by atoms with E-state index in [2.05, 4.69) is 15.4 Å². The molecular weight excluding hydrogens is 445 g/mol. The second-order valence-electron chi connectivity index (χ2n) is 7.60. The first kappa shape index (κ1) is 21.2. The van der Waals surface area contributed by atoms with Crippen molar-refractivity contribution >= 4 is 28.7 Å². The van der Waals surface area contributed by atoms with Gasteiger partial charge in [-0.05, 0) is 30.3 Å². The fourth-order valence-electron chi connectivity index (χ4n) is 3.88. The third-order valence-electron chi connectivity index (χ3n) is 5.53. The number of nitrogens with zero attached hydrogens (tertiary/aromatic N) is 4. The number of carbonyl (C=O) groups excluding carboxylic acids is 1. The van der Waals surface area contributed by atoms with Gasteiger partial charge in [0.15, 0.2) is 10.8 Å². The molecule has 1 unspecified atom stereocenters. The quantitative estimate of drug-likeness (QED) is 0.440. The normalized spacial score (nSPS) is 14.9. The van der Waals surface area contributed by atoms with Gasteiger partial charge in [0.1, 0.15) is 17.0 Å². The summed E-state index contributed by atoms with van der Waals surface area (Å²) in [5.74, 6) is 0.765. The highest BCUT2D eigenvalue weighted by molar-refractivity contribution is 7.99. The summed E-state index contributed by atoms with van der Waals surface area (Å²) < 4.78 is 21.7. The summed E-state index contributed by atoms with van der Waals surface area (Å²) in [5, 5.41) is 8.08. The lowest BCUT2D eigenvalue weighted by Crippen LogP contribution is -2.30. The smallest absolute Gasteiger partial charge is 0.265 e. The van der Waals surface area contributed by atoms with Crippen molar-refractivity contribution in [1.29, 1.82) is 0 Å². The molecule has 1 aliphatic rings. The van der Waals surface area contributed by atoms with E-state index in [4.69, 9.17) is 4.74 Å². The van der Waals surface area contributed by atoms with E-state index in [9.17, 15) is 14.0 Å². The Bertz CT molecular complexity index is 1400. The van der Waals surface area contributed by atoms with Gasteiger partial charge >= 0.3 is 0 Å². The van der Waals surface area contributed by atoms with Crippen molar-refractivity contribution in [3.05, 3.63) is 76.5 Å². The van der Waals surface area contributed by atoms with Crippen LogP contribution in [0.25, 0.3) is 16.7 Å². The van der Waals surface area contributed by atoms with Crippen molar-refractivity contribution in [2.24, 2.45) is 0 Å². The minimum absolute atomic E-state index is 0.159. The Hall–Kier alpha value is -3.66. The standard InChI is InChI=1S/C23H20FN5O3S/c1-32-19-5-3-2-4-14(19)11-25-20(30)10-17-13-33-23-27-21-18(22(31)28(17)23)12-26-29(21)16-8-6-15(24)7-9-16/h2-9,12,17H,10-11,13H2,1H3,(H,25,30). The molecule has 0 saturated carbocycles. The summed E-state index contributed by atoms with van der Waals surface area (Å²) in [4.78, 5) is 30.5. The fraction of sp³-hybridized carbons (Fsp3) is 0.217. The number of fused-ring (bicyclic) bond motifs is 2. The number of hydrogen-bond acceptors (Lipinski definition) is 6. The van der Waals surface area contributed by atoms with Crippen molar-refractivity contribution in [3.63, 3.8) is 0 Å². The summed E-state index contributed by atoms with van der Waals surface area (Å²) in [5.41, 5.74) is 1.66. The first-order chi connectivity index (χ1) is 16.0. The maximum atomic E-state index is 13.3. The number of rotatable bonds is 6. The van der Waals surface area contributed by atoms with Gasteiger partial charge in [0.2, 0.25) is 5.91 Å². The van der Waals surface area contributed by atoms with E-state index in [0.29, 0.717) is 39.9 Å². The second kappa shape index (κ2) is 8.70. The van der Waals surface area contributed by atoms with E-state index >= 15 is 0 Å². The number of amides is 1. The summed E-state index contributed by atoms with van der Waals surface area (Å²) in [6, 6.07) is 13.0. The molecule has 0 radical (unpaired) electrons. The van der Waals surface area contributed by atoms with E-state index in [1.165, 1.54) is 34.8 Å². The van der Waals surface area contributed by atoms with Crippen molar-refractivity contribution < 1.29 is 13.9 Å². The highest BCUT2D eigenvalue weighted by atomic mass is 32.2. The number of carbonyl (C=O) groups is 1. The lowest BCUT2D eigenvalue weighted by atomic mass is 10.2. The molecule has 3 heterocycles. The number of nitrogens with one attached hydrogen (secondary N) is 1. The van der Waals surface area contributed by atoms with Crippen LogP contribution in [-0.2, 0) is 11.3 Å². The topological polar surface area (TPSA) is 91.0 Å². The first-order valence-corrected chi connectivity index (χ1v) is 11.3. The second-order valence-corrected chi connectivity index (χ2v) is 8.58. The van der Waals surface area contributed by atoms with Gasteiger partial charge in [-0.15, -0.1) is 0 Å². The number of para-hydroxylation sites is 1. The predicted octanol–water partition coefficient (Wildman–Crippen LogP) is 3.08. The maximum Gasteiger partial charge on any atom is 0.265 e. The van der Waals surface area contributed by atoms with E-state index in [-0.39, 0.29) is 29.7 Å². The molecule has 5 rings (SSSR count). The van der Waals surface area contributed by atoms with Gasteiger partial charge in [0.05, 0.1) is 25.0 Å². The Morgan fingerprint density at radius 1 is 1.24 bits per heavy atom. The molecule has 33 heavy (non-hydrogen) atoms. The molecule has 2 aromatic carbocycles. The van der Waals surface area contributed by atoms with Crippen molar-refractivity contribution in [2.75, 3.05) is 12.9 Å². The zero-order valence-electron chi connectivity index (χ0n) is 17.7. The molecule has 1 atom stereocenters. The monoisotopic (exact) mass is 465 g/mol. The van der Waals surface area contributed by atoms with Gasteiger partial charge in [-0.1, -0.05) is 30.0 Å². The number of thioether (sulfide) groups is 1. The van der Waals surface area contributed by atoms with Gasteiger partial charge in [-0.3, -0.25) is 14.2 Å². The van der Waals surface area contributed by atoms with Crippen molar-refractivity contribution in [1.82, 2.24) is 24.6 Å². The molecule has 2 aromatic heterocycles. The Morgan fingerprint density at radius 3 is 2.82 bits per heavy atom. The summed E-state index contributed by atoms with van der Waals surface area (Å²) in [6.07, 6.45) is 1.62. The molecule has 1 N–H and O–H groups in total. The zero-order chi connectivity index (χ0) is 22.9. The number of halogens is 1. The Balaban J connectivity index is 1.37. The number of methoxy groups -OCH3 is 1. The van der Waals surface area contributed by atoms with Crippen LogP contribution in [-0.4, -0.2) is 38.1 Å². The molecule has 0 saturated heterocycles. The number of benzene rings is 2. The largest absolute Gasteiger partial charge is 0.496 e. The number of hydrogen-bond donors (Lipinski definition) is 1. The van der Waals surface area contributed by atoms with E-state index in [1.54, 1.807) is 23.8 Å². The molecule has 8 nitrogen and oxygen atoms in total. The zero-order valence-corrected chi connectivity index (χ0v) is 18.5. The molecule has 1 amide bonds. The molecule has 10 heteroatoms.